The van der Waals surface area contributed by atoms with Crippen molar-refractivity contribution in [1.82, 2.24) is 9.55 Å². The van der Waals surface area contributed by atoms with Gasteiger partial charge >= 0.3 is 5.97 Å². The standard InChI is InChI=1S/C17H16N2O2/c1-11-7-8-13(9-12(11)2)17-18-14-5-3-4-6-15(14)19(17)10-16(20)21/h3-9H,10H2,1-2H3,(H,20,21). The Morgan fingerprint density at radius 2 is 1.90 bits per heavy atom. The molecule has 0 aliphatic carbocycles. The molecule has 1 N–H and O–H groups in total. The van der Waals surface area contributed by atoms with Gasteiger partial charge in [0.05, 0.1) is 11.0 Å². The van der Waals surface area contributed by atoms with E-state index in [0.29, 0.717) is 5.82 Å². The molecule has 0 bridgehead atoms. The summed E-state index contributed by atoms with van der Waals surface area (Å²) in [4.78, 5) is 15.8. The number of aromatic nitrogens is 2. The number of aryl methyl sites for hydroxylation is 2. The van der Waals surface area contributed by atoms with E-state index in [0.717, 1.165) is 16.6 Å². The van der Waals surface area contributed by atoms with E-state index < -0.39 is 5.97 Å². The van der Waals surface area contributed by atoms with Crippen molar-refractivity contribution in [2.24, 2.45) is 0 Å². The van der Waals surface area contributed by atoms with Crippen molar-refractivity contribution in [1.29, 1.82) is 0 Å². The molecule has 4 nitrogen and oxygen atoms in total. The highest BCUT2D eigenvalue weighted by Gasteiger charge is 2.14. The van der Waals surface area contributed by atoms with Gasteiger partial charge in [0, 0.05) is 5.56 Å². The van der Waals surface area contributed by atoms with Gasteiger partial charge in [-0.1, -0.05) is 24.3 Å². The first-order chi connectivity index (χ1) is 10.1. The number of carboxylic acid groups (broad SMARTS) is 1. The molecule has 3 aromatic rings. The number of fused-ring (bicyclic) bond motifs is 1. The number of hydrogen-bond donors (Lipinski definition) is 1. The average molecular weight is 280 g/mol. The summed E-state index contributed by atoms with van der Waals surface area (Å²) in [5, 5.41) is 9.17. The highest BCUT2D eigenvalue weighted by molar-refractivity contribution is 5.82. The Morgan fingerprint density at radius 1 is 1.14 bits per heavy atom. The highest BCUT2D eigenvalue weighted by Crippen LogP contribution is 2.26. The fourth-order valence-corrected chi connectivity index (χ4v) is 2.47. The fraction of sp³-hybridized carbons (Fsp3) is 0.176. The Hall–Kier alpha value is -2.62. The van der Waals surface area contributed by atoms with Crippen LogP contribution in [0.1, 0.15) is 11.1 Å². The van der Waals surface area contributed by atoms with Crippen LogP contribution < -0.4 is 0 Å². The van der Waals surface area contributed by atoms with E-state index in [1.165, 1.54) is 11.1 Å². The molecule has 1 heterocycles. The Bertz CT molecular complexity index is 834. The van der Waals surface area contributed by atoms with Gasteiger partial charge < -0.3 is 9.67 Å². The molecule has 106 valence electrons. The van der Waals surface area contributed by atoms with Crippen LogP contribution in [-0.2, 0) is 11.3 Å². The zero-order valence-electron chi connectivity index (χ0n) is 12.0. The van der Waals surface area contributed by atoms with E-state index in [-0.39, 0.29) is 6.54 Å². The molecule has 0 saturated heterocycles. The lowest BCUT2D eigenvalue weighted by atomic mass is 10.1. The van der Waals surface area contributed by atoms with Crippen LogP contribution in [0, 0.1) is 13.8 Å². The average Bonchev–Trinajstić information content (AvgIpc) is 2.80. The summed E-state index contributed by atoms with van der Waals surface area (Å²) in [5.41, 5.74) is 4.97. The van der Waals surface area contributed by atoms with Crippen molar-refractivity contribution < 1.29 is 9.90 Å². The van der Waals surface area contributed by atoms with Crippen LogP contribution >= 0.6 is 0 Å². The molecule has 0 aliphatic rings. The molecule has 4 heteroatoms. The molecule has 0 unspecified atom stereocenters. The predicted molar refractivity (Wildman–Crippen MR) is 82.3 cm³/mol. The number of aliphatic carboxylic acids is 1. The van der Waals surface area contributed by atoms with E-state index in [1.54, 1.807) is 4.57 Å². The van der Waals surface area contributed by atoms with Gasteiger partial charge in [0.25, 0.3) is 0 Å². The number of para-hydroxylation sites is 2. The second-order valence-corrected chi connectivity index (χ2v) is 5.20. The predicted octanol–water partition coefficient (Wildman–Crippen LogP) is 3.40. The molecule has 0 atom stereocenters. The number of benzene rings is 2. The van der Waals surface area contributed by atoms with Gasteiger partial charge in [-0.3, -0.25) is 4.79 Å². The molecular formula is C17H16N2O2. The van der Waals surface area contributed by atoms with Crippen molar-refractivity contribution in [2.75, 3.05) is 0 Å². The van der Waals surface area contributed by atoms with E-state index in [4.69, 9.17) is 5.11 Å². The van der Waals surface area contributed by atoms with Gasteiger partial charge in [-0.25, -0.2) is 4.98 Å². The maximum Gasteiger partial charge on any atom is 0.323 e. The molecule has 2 aromatic carbocycles. The molecule has 0 radical (unpaired) electrons. The summed E-state index contributed by atoms with van der Waals surface area (Å²) in [6.45, 7) is 4.01. The largest absolute Gasteiger partial charge is 0.480 e. The third-order valence-corrected chi connectivity index (χ3v) is 3.71. The second kappa shape index (κ2) is 5.05. The lowest BCUT2D eigenvalue weighted by Gasteiger charge is -2.08. The number of rotatable bonds is 3. The summed E-state index contributed by atoms with van der Waals surface area (Å²) in [5.74, 6) is -0.176. The number of carboxylic acids is 1. The molecule has 21 heavy (non-hydrogen) atoms. The van der Waals surface area contributed by atoms with Crippen LogP contribution in [0.5, 0.6) is 0 Å². The summed E-state index contributed by atoms with van der Waals surface area (Å²) < 4.78 is 1.75. The minimum Gasteiger partial charge on any atom is -0.480 e. The van der Waals surface area contributed by atoms with Crippen molar-refractivity contribution in [2.45, 2.75) is 20.4 Å². The highest BCUT2D eigenvalue weighted by atomic mass is 16.4. The number of hydrogen-bond acceptors (Lipinski definition) is 2. The van der Waals surface area contributed by atoms with Crippen LogP contribution in [0.3, 0.4) is 0 Å². The minimum atomic E-state index is -0.872. The van der Waals surface area contributed by atoms with Crippen molar-refractivity contribution >= 4 is 17.0 Å². The lowest BCUT2D eigenvalue weighted by Crippen LogP contribution is -2.10. The Morgan fingerprint density at radius 3 is 2.62 bits per heavy atom. The van der Waals surface area contributed by atoms with Crippen LogP contribution in [-0.4, -0.2) is 20.6 Å². The van der Waals surface area contributed by atoms with E-state index in [2.05, 4.69) is 18.0 Å². The zero-order chi connectivity index (χ0) is 15.0. The van der Waals surface area contributed by atoms with Crippen molar-refractivity contribution in [3.05, 3.63) is 53.6 Å². The Labute approximate surface area is 122 Å². The first kappa shape index (κ1) is 13.4. The third kappa shape index (κ3) is 2.40. The maximum atomic E-state index is 11.2. The van der Waals surface area contributed by atoms with Gasteiger partial charge in [-0.2, -0.15) is 0 Å². The normalized spacial score (nSPS) is 11.0. The Kier molecular flexibility index (Phi) is 3.22. The minimum absolute atomic E-state index is 0.0945. The lowest BCUT2D eigenvalue weighted by molar-refractivity contribution is -0.137. The van der Waals surface area contributed by atoms with Gasteiger partial charge in [0.2, 0.25) is 0 Å². The van der Waals surface area contributed by atoms with Crippen LogP contribution in [0.4, 0.5) is 0 Å². The smallest absolute Gasteiger partial charge is 0.323 e. The molecular weight excluding hydrogens is 264 g/mol. The maximum absolute atomic E-state index is 11.2. The molecule has 3 rings (SSSR count). The van der Waals surface area contributed by atoms with Gasteiger partial charge in [-0.15, -0.1) is 0 Å². The summed E-state index contributed by atoms with van der Waals surface area (Å²) in [7, 11) is 0. The molecule has 1 aromatic heterocycles. The molecule has 0 spiro atoms. The fourth-order valence-electron chi connectivity index (χ4n) is 2.47. The van der Waals surface area contributed by atoms with E-state index in [9.17, 15) is 4.79 Å². The SMILES string of the molecule is Cc1ccc(-c2nc3ccccc3n2CC(=O)O)cc1C. The first-order valence-electron chi connectivity index (χ1n) is 6.81. The van der Waals surface area contributed by atoms with Crippen LogP contribution in [0.25, 0.3) is 22.4 Å². The van der Waals surface area contributed by atoms with Crippen LogP contribution in [0.2, 0.25) is 0 Å². The topological polar surface area (TPSA) is 55.1 Å². The van der Waals surface area contributed by atoms with Gasteiger partial charge in [0.1, 0.15) is 12.4 Å². The first-order valence-corrected chi connectivity index (χ1v) is 6.81. The van der Waals surface area contributed by atoms with Crippen LogP contribution in [0.15, 0.2) is 42.5 Å². The molecule has 0 fully saturated rings. The summed E-state index contributed by atoms with van der Waals surface area (Å²) in [6, 6.07) is 13.7. The van der Waals surface area contributed by atoms with Gasteiger partial charge in [0.15, 0.2) is 0 Å². The van der Waals surface area contributed by atoms with E-state index >= 15 is 0 Å². The summed E-state index contributed by atoms with van der Waals surface area (Å²) >= 11 is 0. The molecule has 0 amide bonds. The quantitative estimate of drug-likeness (QED) is 0.800. The zero-order valence-corrected chi connectivity index (χ0v) is 12.0. The number of carbonyl (C=O) groups is 1. The Balaban J connectivity index is 2.25. The number of nitrogens with zero attached hydrogens (tertiary/aromatic N) is 2. The van der Waals surface area contributed by atoms with E-state index in [1.807, 2.05) is 43.3 Å². The monoisotopic (exact) mass is 280 g/mol. The van der Waals surface area contributed by atoms with Crippen molar-refractivity contribution in [3.8, 4) is 11.4 Å². The molecule has 0 aliphatic heterocycles. The third-order valence-electron chi connectivity index (χ3n) is 3.71. The molecule has 0 saturated carbocycles. The van der Waals surface area contributed by atoms with Gasteiger partial charge in [-0.05, 0) is 43.2 Å². The summed E-state index contributed by atoms with van der Waals surface area (Å²) in [6.07, 6.45) is 0. The van der Waals surface area contributed by atoms with Crippen molar-refractivity contribution in [3.63, 3.8) is 0 Å². The number of imidazole rings is 1. The second-order valence-electron chi connectivity index (χ2n) is 5.20.